The lowest BCUT2D eigenvalue weighted by molar-refractivity contribution is 0.673. The van der Waals surface area contributed by atoms with Gasteiger partial charge in [0, 0.05) is 29.3 Å². The van der Waals surface area contributed by atoms with Crippen molar-refractivity contribution in [2.45, 2.75) is 13.1 Å². The van der Waals surface area contributed by atoms with E-state index >= 15 is 0 Å². The lowest BCUT2D eigenvalue weighted by atomic mass is 10.1. The minimum atomic E-state index is 0.776. The fourth-order valence-corrected chi connectivity index (χ4v) is 2.65. The van der Waals surface area contributed by atoms with Gasteiger partial charge in [-0.3, -0.25) is 9.36 Å². The normalized spacial score (nSPS) is 10.8. The third-order valence-electron chi connectivity index (χ3n) is 2.82. The fourth-order valence-electron chi connectivity index (χ4n) is 2.06. The number of nitrogens with zero attached hydrogens (tertiary/aromatic N) is 4. The van der Waals surface area contributed by atoms with E-state index in [9.17, 15) is 0 Å². The predicted octanol–water partition coefficient (Wildman–Crippen LogP) is 2.94. The largest absolute Gasteiger partial charge is 0.268 e. The van der Waals surface area contributed by atoms with Crippen LogP contribution in [0.3, 0.4) is 0 Å². The van der Waals surface area contributed by atoms with E-state index in [0.29, 0.717) is 0 Å². The van der Waals surface area contributed by atoms with Crippen LogP contribution >= 0.6 is 15.9 Å². The van der Waals surface area contributed by atoms with Gasteiger partial charge < -0.3 is 0 Å². The second kappa shape index (κ2) is 5.40. The van der Waals surface area contributed by atoms with E-state index in [1.54, 1.807) is 12.4 Å². The summed E-state index contributed by atoms with van der Waals surface area (Å²) in [6.07, 6.45) is 7.52. The zero-order chi connectivity index (χ0) is 13.1. The molecule has 0 atom stereocenters. The molecule has 0 radical (unpaired) electrons. The Bertz CT molecular complexity index is 590. The molecule has 0 N–H and O–H groups in total. The molecule has 1 aromatic carbocycles. The summed E-state index contributed by atoms with van der Waals surface area (Å²) in [5.74, 6) is 0. The Morgan fingerprint density at radius 3 is 1.79 bits per heavy atom. The van der Waals surface area contributed by atoms with Crippen molar-refractivity contribution in [2.75, 3.05) is 0 Å². The fraction of sp³-hybridized carbons (Fsp3) is 0.143. The molecule has 19 heavy (non-hydrogen) atoms. The summed E-state index contributed by atoms with van der Waals surface area (Å²) in [7, 11) is 0. The summed E-state index contributed by atoms with van der Waals surface area (Å²) in [5.41, 5.74) is 2.44. The van der Waals surface area contributed by atoms with E-state index in [1.807, 2.05) is 33.9 Å². The van der Waals surface area contributed by atoms with Gasteiger partial charge in [-0.05, 0) is 35.4 Å². The number of hydrogen-bond donors (Lipinski definition) is 0. The van der Waals surface area contributed by atoms with Gasteiger partial charge in [-0.15, -0.1) is 0 Å². The maximum atomic E-state index is 4.23. The first-order chi connectivity index (χ1) is 9.29. The van der Waals surface area contributed by atoms with Gasteiger partial charge in [-0.2, -0.15) is 10.2 Å². The summed E-state index contributed by atoms with van der Waals surface area (Å²) in [4.78, 5) is 0. The average molecular weight is 317 g/mol. The molecular weight excluding hydrogens is 304 g/mol. The minimum absolute atomic E-state index is 0.776. The standard InChI is InChI=1S/C14H13BrN4/c15-14-8-12(10-18-5-1-3-16-18)7-13(9-14)11-19-6-2-4-17-19/h1-9H,10-11H2. The van der Waals surface area contributed by atoms with E-state index < -0.39 is 0 Å². The van der Waals surface area contributed by atoms with Crippen LogP contribution in [0.25, 0.3) is 0 Å². The van der Waals surface area contributed by atoms with E-state index in [1.165, 1.54) is 11.1 Å². The molecule has 96 valence electrons. The lowest BCUT2D eigenvalue weighted by Gasteiger charge is -2.08. The first kappa shape index (κ1) is 12.2. The van der Waals surface area contributed by atoms with Crippen LogP contribution in [0.1, 0.15) is 11.1 Å². The van der Waals surface area contributed by atoms with E-state index in [2.05, 4.69) is 44.3 Å². The molecule has 4 nitrogen and oxygen atoms in total. The number of halogens is 1. The van der Waals surface area contributed by atoms with Crippen LogP contribution in [-0.2, 0) is 13.1 Å². The summed E-state index contributed by atoms with van der Waals surface area (Å²) >= 11 is 3.56. The molecule has 0 aliphatic carbocycles. The van der Waals surface area contributed by atoms with Crippen molar-refractivity contribution in [1.82, 2.24) is 19.6 Å². The van der Waals surface area contributed by atoms with Crippen LogP contribution in [-0.4, -0.2) is 19.6 Å². The van der Waals surface area contributed by atoms with Gasteiger partial charge >= 0.3 is 0 Å². The Morgan fingerprint density at radius 2 is 1.37 bits per heavy atom. The summed E-state index contributed by atoms with van der Waals surface area (Å²) in [5, 5.41) is 8.46. The minimum Gasteiger partial charge on any atom is -0.268 e. The van der Waals surface area contributed by atoms with Crippen molar-refractivity contribution < 1.29 is 0 Å². The zero-order valence-corrected chi connectivity index (χ0v) is 11.9. The lowest BCUT2D eigenvalue weighted by Crippen LogP contribution is -2.03. The van der Waals surface area contributed by atoms with Gasteiger partial charge in [0.1, 0.15) is 0 Å². The number of benzene rings is 1. The van der Waals surface area contributed by atoms with Gasteiger partial charge in [0.25, 0.3) is 0 Å². The maximum absolute atomic E-state index is 4.23. The Morgan fingerprint density at radius 1 is 0.842 bits per heavy atom. The van der Waals surface area contributed by atoms with Crippen LogP contribution in [0.2, 0.25) is 0 Å². The van der Waals surface area contributed by atoms with Crippen LogP contribution in [0, 0.1) is 0 Å². The van der Waals surface area contributed by atoms with Crippen LogP contribution < -0.4 is 0 Å². The molecule has 0 saturated heterocycles. The van der Waals surface area contributed by atoms with Crippen molar-refractivity contribution in [3.8, 4) is 0 Å². The molecule has 2 heterocycles. The van der Waals surface area contributed by atoms with Crippen molar-refractivity contribution in [3.05, 3.63) is 70.7 Å². The summed E-state index contributed by atoms with van der Waals surface area (Å²) < 4.78 is 4.91. The van der Waals surface area contributed by atoms with E-state index in [0.717, 1.165) is 17.6 Å². The SMILES string of the molecule is Brc1cc(Cn2cccn2)cc(Cn2cccn2)c1. The first-order valence-electron chi connectivity index (χ1n) is 6.03. The Balaban J connectivity index is 1.83. The molecule has 3 aromatic rings. The molecule has 0 unspecified atom stereocenters. The molecule has 3 rings (SSSR count). The van der Waals surface area contributed by atoms with Crippen LogP contribution in [0.15, 0.2) is 59.6 Å². The van der Waals surface area contributed by atoms with Gasteiger partial charge in [-0.1, -0.05) is 22.0 Å². The summed E-state index contributed by atoms with van der Waals surface area (Å²) in [6.45, 7) is 1.55. The monoisotopic (exact) mass is 316 g/mol. The second-order valence-corrected chi connectivity index (χ2v) is 5.29. The molecule has 0 fully saturated rings. The van der Waals surface area contributed by atoms with E-state index in [4.69, 9.17) is 0 Å². The smallest absolute Gasteiger partial charge is 0.0659 e. The highest BCUT2D eigenvalue weighted by Crippen LogP contribution is 2.17. The molecule has 0 aliphatic rings. The Labute approximate surface area is 119 Å². The van der Waals surface area contributed by atoms with Gasteiger partial charge in [0.05, 0.1) is 13.1 Å². The topological polar surface area (TPSA) is 35.6 Å². The number of rotatable bonds is 4. The summed E-state index contributed by atoms with van der Waals surface area (Å²) in [6, 6.07) is 10.3. The van der Waals surface area contributed by atoms with Gasteiger partial charge in [0.15, 0.2) is 0 Å². The maximum Gasteiger partial charge on any atom is 0.0659 e. The number of hydrogen-bond acceptors (Lipinski definition) is 2. The highest BCUT2D eigenvalue weighted by Gasteiger charge is 2.02. The van der Waals surface area contributed by atoms with E-state index in [-0.39, 0.29) is 0 Å². The van der Waals surface area contributed by atoms with Crippen LogP contribution in [0.5, 0.6) is 0 Å². The molecule has 2 aromatic heterocycles. The first-order valence-corrected chi connectivity index (χ1v) is 6.82. The highest BCUT2D eigenvalue weighted by atomic mass is 79.9. The average Bonchev–Trinajstić information content (AvgIpc) is 3.01. The molecule has 0 aliphatic heterocycles. The Hall–Kier alpha value is -1.88. The molecule has 0 amide bonds. The molecule has 5 heteroatoms. The van der Waals surface area contributed by atoms with Crippen LogP contribution in [0.4, 0.5) is 0 Å². The predicted molar refractivity (Wildman–Crippen MR) is 76.8 cm³/mol. The zero-order valence-electron chi connectivity index (χ0n) is 10.3. The second-order valence-electron chi connectivity index (χ2n) is 4.38. The van der Waals surface area contributed by atoms with Gasteiger partial charge in [-0.25, -0.2) is 0 Å². The van der Waals surface area contributed by atoms with Crippen molar-refractivity contribution in [1.29, 1.82) is 0 Å². The Kier molecular flexibility index (Phi) is 3.46. The third-order valence-corrected chi connectivity index (χ3v) is 3.28. The molecule has 0 spiro atoms. The third kappa shape index (κ3) is 3.12. The van der Waals surface area contributed by atoms with Crippen molar-refractivity contribution in [2.24, 2.45) is 0 Å². The number of aromatic nitrogens is 4. The van der Waals surface area contributed by atoms with Crippen molar-refractivity contribution >= 4 is 15.9 Å². The van der Waals surface area contributed by atoms with Gasteiger partial charge in [0.2, 0.25) is 0 Å². The van der Waals surface area contributed by atoms with Crippen molar-refractivity contribution in [3.63, 3.8) is 0 Å². The quantitative estimate of drug-likeness (QED) is 0.742. The molecular formula is C14H13BrN4. The molecule has 0 bridgehead atoms. The molecule has 0 saturated carbocycles. The highest BCUT2D eigenvalue weighted by molar-refractivity contribution is 9.10.